The first-order chi connectivity index (χ1) is 9.00. The van der Waals surface area contributed by atoms with Gasteiger partial charge in [0.2, 0.25) is 5.43 Å². The Hall–Kier alpha value is -2.37. The quantitative estimate of drug-likeness (QED) is 0.847. The minimum Gasteiger partial charge on any atom is -0.489 e. The van der Waals surface area contributed by atoms with E-state index in [9.17, 15) is 14.0 Å². The molecular weight excluding hydrogens is 253 g/mol. The zero-order chi connectivity index (χ0) is 13.7. The Bertz CT molecular complexity index is 779. The van der Waals surface area contributed by atoms with Crippen LogP contribution in [0.15, 0.2) is 17.1 Å². The van der Waals surface area contributed by atoms with Crippen molar-refractivity contribution in [2.75, 3.05) is 6.61 Å². The molecule has 0 unspecified atom stereocenters. The highest BCUT2D eigenvalue weighted by molar-refractivity contribution is 5.95. The third-order valence-electron chi connectivity index (χ3n) is 3.31. The summed E-state index contributed by atoms with van der Waals surface area (Å²) >= 11 is 0. The Morgan fingerprint density at radius 2 is 2.26 bits per heavy atom. The normalized spacial score (nSPS) is 13.4. The number of carboxylic acids is 1. The van der Waals surface area contributed by atoms with E-state index in [1.165, 1.54) is 6.20 Å². The van der Waals surface area contributed by atoms with Gasteiger partial charge in [-0.05, 0) is 13.0 Å². The molecular formula is C13H10FNO4. The Kier molecular flexibility index (Phi) is 2.35. The topological polar surface area (TPSA) is 68.5 Å². The van der Waals surface area contributed by atoms with Crippen LogP contribution in [0.2, 0.25) is 0 Å². The minimum absolute atomic E-state index is 0.0395. The first-order valence-corrected chi connectivity index (χ1v) is 5.73. The molecule has 6 heteroatoms. The van der Waals surface area contributed by atoms with Crippen molar-refractivity contribution in [1.82, 2.24) is 4.57 Å². The molecule has 5 nitrogen and oxygen atoms in total. The largest absolute Gasteiger partial charge is 0.489 e. The van der Waals surface area contributed by atoms with Crippen LogP contribution in [0.25, 0.3) is 10.9 Å². The van der Waals surface area contributed by atoms with Gasteiger partial charge in [-0.2, -0.15) is 0 Å². The van der Waals surface area contributed by atoms with E-state index in [1.54, 1.807) is 11.5 Å². The van der Waals surface area contributed by atoms with Crippen molar-refractivity contribution in [2.45, 2.75) is 13.5 Å². The van der Waals surface area contributed by atoms with Gasteiger partial charge in [-0.3, -0.25) is 4.79 Å². The fraction of sp³-hybridized carbons (Fsp3) is 0.231. The lowest BCUT2D eigenvalue weighted by molar-refractivity contribution is 0.0694. The van der Waals surface area contributed by atoms with E-state index in [0.717, 1.165) is 6.07 Å². The van der Waals surface area contributed by atoms with Gasteiger partial charge in [0.15, 0.2) is 0 Å². The number of nitrogens with zero attached hydrogens (tertiary/aromatic N) is 1. The second kappa shape index (κ2) is 3.81. The molecule has 0 aliphatic carbocycles. The van der Waals surface area contributed by atoms with Gasteiger partial charge in [0.1, 0.15) is 23.7 Å². The second-order valence-electron chi connectivity index (χ2n) is 4.43. The van der Waals surface area contributed by atoms with Crippen LogP contribution in [-0.2, 0) is 6.54 Å². The van der Waals surface area contributed by atoms with Gasteiger partial charge in [0.05, 0.1) is 17.4 Å². The summed E-state index contributed by atoms with van der Waals surface area (Å²) in [5.41, 5.74) is -0.267. The van der Waals surface area contributed by atoms with Gasteiger partial charge in [-0.1, -0.05) is 0 Å². The number of pyridine rings is 1. The van der Waals surface area contributed by atoms with Crippen molar-refractivity contribution in [2.24, 2.45) is 0 Å². The molecule has 1 aromatic heterocycles. The van der Waals surface area contributed by atoms with E-state index >= 15 is 0 Å². The smallest absolute Gasteiger partial charge is 0.341 e. The SMILES string of the molecule is Cc1c(F)cc2c(=O)c(C(=O)O)cn3c2c1OCC3. The second-order valence-corrected chi connectivity index (χ2v) is 4.43. The van der Waals surface area contributed by atoms with Crippen molar-refractivity contribution in [3.63, 3.8) is 0 Å². The maximum atomic E-state index is 13.8. The maximum absolute atomic E-state index is 13.8. The third kappa shape index (κ3) is 1.53. The Balaban J connectivity index is 2.55. The van der Waals surface area contributed by atoms with Crippen LogP contribution in [0.3, 0.4) is 0 Å². The van der Waals surface area contributed by atoms with Crippen molar-refractivity contribution in [3.8, 4) is 5.75 Å². The van der Waals surface area contributed by atoms with Crippen LogP contribution in [0.5, 0.6) is 5.75 Å². The number of benzene rings is 1. The van der Waals surface area contributed by atoms with Crippen molar-refractivity contribution in [3.05, 3.63) is 39.4 Å². The van der Waals surface area contributed by atoms with E-state index in [0.29, 0.717) is 30.0 Å². The number of carbonyl (C=O) groups is 1. The molecule has 1 aliphatic heterocycles. The molecule has 0 spiro atoms. The Morgan fingerprint density at radius 3 is 2.95 bits per heavy atom. The number of rotatable bonds is 1. The lowest BCUT2D eigenvalue weighted by Gasteiger charge is -2.22. The van der Waals surface area contributed by atoms with E-state index in [4.69, 9.17) is 9.84 Å². The van der Waals surface area contributed by atoms with E-state index in [1.807, 2.05) is 0 Å². The third-order valence-corrected chi connectivity index (χ3v) is 3.31. The molecule has 0 fully saturated rings. The summed E-state index contributed by atoms with van der Waals surface area (Å²) in [4.78, 5) is 23.1. The number of ether oxygens (including phenoxy) is 1. The Morgan fingerprint density at radius 1 is 1.53 bits per heavy atom. The van der Waals surface area contributed by atoms with Gasteiger partial charge in [0, 0.05) is 11.8 Å². The van der Waals surface area contributed by atoms with Gasteiger partial charge < -0.3 is 14.4 Å². The first-order valence-electron chi connectivity index (χ1n) is 5.73. The van der Waals surface area contributed by atoms with Crippen molar-refractivity contribution < 1.29 is 19.0 Å². The summed E-state index contributed by atoms with van der Waals surface area (Å²) in [7, 11) is 0. The highest BCUT2D eigenvalue weighted by atomic mass is 19.1. The lowest BCUT2D eigenvalue weighted by Crippen LogP contribution is -2.24. The van der Waals surface area contributed by atoms with Crippen LogP contribution in [0, 0.1) is 12.7 Å². The summed E-state index contributed by atoms with van der Waals surface area (Å²) in [6.45, 7) is 2.30. The molecule has 19 heavy (non-hydrogen) atoms. The summed E-state index contributed by atoms with van der Waals surface area (Å²) in [5.74, 6) is -1.57. The van der Waals surface area contributed by atoms with Gasteiger partial charge in [-0.25, -0.2) is 9.18 Å². The predicted octanol–water partition coefficient (Wildman–Crippen LogP) is 1.54. The molecule has 0 saturated carbocycles. The molecule has 1 N–H and O–H groups in total. The van der Waals surface area contributed by atoms with Crippen LogP contribution >= 0.6 is 0 Å². The van der Waals surface area contributed by atoms with E-state index < -0.39 is 17.2 Å². The molecule has 0 bridgehead atoms. The molecule has 2 aromatic rings. The average molecular weight is 263 g/mol. The molecule has 0 amide bonds. The standard InChI is InChI=1S/C13H10FNO4/c1-6-9(14)4-7-10-12(6)19-3-2-15(10)5-8(11(7)16)13(17)18/h4-5H,2-3H2,1H3,(H,17,18). The highest BCUT2D eigenvalue weighted by Gasteiger charge is 2.23. The fourth-order valence-electron chi connectivity index (χ4n) is 2.35. The average Bonchev–Trinajstić information content (AvgIpc) is 2.38. The van der Waals surface area contributed by atoms with Crippen LogP contribution in [0.1, 0.15) is 15.9 Å². The monoisotopic (exact) mass is 263 g/mol. The summed E-state index contributed by atoms with van der Waals surface area (Å²) in [5, 5.41) is 9.06. The molecule has 3 rings (SSSR count). The number of aromatic nitrogens is 1. The molecule has 2 heterocycles. The summed E-state index contributed by atoms with van der Waals surface area (Å²) in [6, 6.07) is 1.08. The number of hydrogen-bond acceptors (Lipinski definition) is 3. The Labute approximate surface area is 106 Å². The van der Waals surface area contributed by atoms with Crippen LogP contribution in [-0.4, -0.2) is 22.2 Å². The lowest BCUT2D eigenvalue weighted by atomic mass is 10.1. The molecule has 1 aliphatic rings. The van der Waals surface area contributed by atoms with Crippen LogP contribution in [0.4, 0.5) is 4.39 Å². The van der Waals surface area contributed by atoms with E-state index in [2.05, 4.69) is 0 Å². The maximum Gasteiger partial charge on any atom is 0.341 e. The summed E-state index contributed by atoms with van der Waals surface area (Å²) in [6.07, 6.45) is 1.29. The molecule has 0 saturated heterocycles. The van der Waals surface area contributed by atoms with Gasteiger partial charge in [0.25, 0.3) is 0 Å². The molecule has 0 radical (unpaired) electrons. The number of halogens is 1. The zero-order valence-electron chi connectivity index (χ0n) is 10.1. The number of hydrogen-bond donors (Lipinski definition) is 1. The van der Waals surface area contributed by atoms with Crippen molar-refractivity contribution in [1.29, 1.82) is 0 Å². The number of carboxylic acid groups (broad SMARTS) is 1. The van der Waals surface area contributed by atoms with E-state index in [-0.39, 0.29) is 10.9 Å². The molecule has 1 aromatic carbocycles. The van der Waals surface area contributed by atoms with Crippen LogP contribution < -0.4 is 10.2 Å². The first kappa shape index (κ1) is 11.7. The predicted molar refractivity (Wildman–Crippen MR) is 65.4 cm³/mol. The highest BCUT2D eigenvalue weighted by Crippen LogP contribution is 2.32. The molecule has 0 atom stereocenters. The zero-order valence-corrected chi connectivity index (χ0v) is 10.1. The van der Waals surface area contributed by atoms with Crippen molar-refractivity contribution >= 4 is 16.9 Å². The van der Waals surface area contributed by atoms with Gasteiger partial charge >= 0.3 is 5.97 Å². The summed E-state index contributed by atoms with van der Waals surface area (Å²) < 4.78 is 20.8. The fourth-order valence-corrected chi connectivity index (χ4v) is 2.35. The molecule has 98 valence electrons. The van der Waals surface area contributed by atoms with Gasteiger partial charge in [-0.15, -0.1) is 0 Å². The number of aromatic carboxylic acids is 1. The minimum atomic E-state index is -1.32.